The van der Waals surface area contributed by atoms with Gasteiger partial charge >= 0.3 is 0 Å². The standard InChI is InChI=1S/C23H24N2O3S/c1-5-27-18-9-7-6-8-15(18)21-19(25-22(24)29-21)16-10-11-17(26-4)14-12-13-23(2,3)28-20(14)16/h6-13H,5H2,1-4H3,(H2,24,25). The Morgan fingerprint density at radius 2 is 1.90 bits per heavy atom. The molecule has 29 heavy (non-hydrogen) atoms. The van der Waals surface area contributed by atoms with E-state index in [0.717, 1.165) is 44.5 Å². The van der Waals surface area contributed by atoms with Gasteiger partial charge in [-0.1, -0.05) is 23.5 Å². The normalized spacial score (nSPS) is 14.2. The van der Waals surface area contributed by atoms with Crippen LogP contribution in [-0.4, -0.2) is 24.3 Å². The van der Waals surface area contributed by atoms with Crippen LogP contribution in [0.25, 0.3) is 27.8 Å². The molecule has 0 bridgehead atoms. The van der Waals surface area contributed by atoms with Crippen LogP contribution in [0.15, 0.2) is 42.5 Å². The molecule has 0 unspecified atom stereocenters. The first-order chi connectivity index (χ1) is 13.9. The van der Waals surface area contributed by atoms with E-state index in [1.54, 1.807) is 7.11 Å². The number of benzene rings is 2. The van der Waals surface area contributed by atoms with Gasteiger partial charge in [0.15, 0.2) is 5.13 Å². The van der Waals surface area contributed by atoms with Gasteiger partial charge in [0.2, 0.25) is 0 Å². The zero-order valence-electron chi connectivity index (χ0n) is 17.0. The minimum atomic E-state index is -0.431. The molecule has 0 aliphatic carbocycles. The summed E-state index contributed by atoms with van der Waals surface area (Å²) < 4.78 is 17.7. The highest BCUT2D eigenvalue weighted by Crippen LogP contribution is 2.49. The van der Waals surface area contributed by atoms with Gasteiger partial charge in [-0.25, -0.2) is 4.98 Å². The fourth-order valence-corrected chi connectivity index (χ4v) is 4.31. The molecule has 0 saturated carbocycles. The number of hydrogen-bond donors (Lipinski definition) is 1. The Kier molecular flexibility index (Phi) is 4.96. The molecule has 1 aromatic heterocycles. The van der Waals surface area contributed by atoms with Crippen LogP contribution in [0.3, 0.4) is 0 Å². The average Bonchev–Trinajstić information content (AvgIpc) is 3.08. The maximum absolute atomic E-state index is 6.35. The molecule has 5 nitrogen and oxygen atoms in total. The van der Waals surface area contributed by atoms with Crippen molar-refractivity contribution in [2.75, 3.05) is 19.5 Å². The second-order valence-corrected chi connectivity index (χ2v) is 8.29. The molecule has 1 aliphatic rings. The number of rotatable bonds is 5. The molecule has 0 radical (unpaired) electrons. The van der Waals surface area contributed by atoms with Gasteiger partial charge in [0.05, 0.1) is 29.9 Å². The molecule has 4 rings (SSSR count). The van der Waals surface area contributed by atoms with Crippen LogP contribution in [0.2, 0.25) is 0 Å². The van der Waals surface area contributed by atoms with Gasteiger partial charge in [0.1, 0.15) is 22.8 Å². The Balaban J connectivity index is 1.94. The fourth-order valence-electron chi connectivity index (χ4n) is 3.43. The first kappa shape index (κ1) is 19.3. The number of hydrogen-bond acceptors (Lipinski definition) is 6. The van der Waals surface area contributed by atoms with E-state index < -0.39 is 5.60 Å². The molecule has 0 fully saturated rings. The van der Waals surface area contributed by atoms with Crippen LogP contribution in [0, 0.1) is 0 Å². The third kappa shape index (κ3) is 3.56. The second kappa shape index (κ2) is 7.44. The van der Waals surface area contributed by atoms with E-state index in [1.165, 1.54) is 11.3 Å². The van der Waals surface area contributed by atoms with Crippen LogP contribution in [-0.2, 0) is 0 Å². The highest BCUT2D eigenvalue weighted by Gasteiger charge is 2.29. The lowest BCUT2D eigenvalue weighted by atomic mass is 9.96. The Bertz CT molecular complexity index is 1090. The van der Waals surface area contributed by atoms with E-state index in [1.807, 2.05) is 69.3 Å². The van der Waals surface area contributed by atoms with Gasteiger partial charge in [-0.3, -0.25) is 0 Å². The third-order valence-corrected chi connectivity index (χ3v) is 5.64. The molecule has 2 N–H and O–H groups in total. The number of nitrogen functional groups attached to an aromatic ring is 1. The van der Waals surface area contributed by atoms with E-state index >= 15 is 0 Å². The lowest BCUT2D eigenvalue weighted by molar-refractivity contribution is 0.159. The van der Waals surface area contributed by atoms with Crippen LogP contribution < -0.4 is 19.9 Å². The van der Waals surface area contributed by atoms with E-state index in [-0.39, 0.29) is 0 Å². The van der Waals surface area contributed by atoms with E-state index in [4.69, 9.17) is 19.9 Å². The molecular weight excluding hydrogens is 384 g/mol. The van der Waals surface area contributed by atoms with Crippen molar-refractivity contribution in [2.24, 2.45) is 0 Å². The number of ether oxygens (including phenoxy) is 3. The lowest BCUT2D eigenvalue weighted by Gasteiger charge is -2.30. The van der Waals surface area contributed by atoms with Crippen molar-refractivity contribution in [3.8, 4) is 38.9 Å². The van der Waals surface area contributed by atoms with Gasteiger partial charge in [0, 0.05) is 11.1 Å². The average molecular weight is 409 g/mol. The summed E-state index contributed by atoms with van der Waals surface area (Å²) >= 11 is 1.44. The molecule has 1 aliphatic heterocycles. The second-order valence-electron chi connectivity index (χ2n) is 7.26. The van der Waals surface area contributed by atoms with Gasteiger partial charge in [-0.05, 0) is 57.2 Å². The van der Waals surface area contributed by atoms with Gasteiger partial charge in [-0.2, -0.15) is 0 Å². The summed E-state index contributed by atoms with van der Waals surface area (Å²) in [4.78, 5) is 5.62. The monoisotopic (exact) mass is 408 g/mol. The highest BCUT2D eigenvalue weighted by atomic mass is 32.1. The summed E-state index contributed by atoms with van der Waals surface area (Å²) in [6.45, 7) is 6.61. The summed E-state index contributed by atoms with van der Waals surface area (Å²) in [6, 6.07) is 11.9. The van der Waals surface area contributed by atoms with E-state index in [9.17, 15) is 0 Å². The molecular formula is C23H24N2O3S. The van der Waals surface area contributed by atoms with Crippen molar-refractivity contribution in [1.29, 1.82) is 0 Å². The van der Waals surface area contributed by atoms with E-state index in [2.05, 4.69) is 4.98 Å². The summed E-state index contributed by atoms with van der Waals surface area (Å²) in [5.41, 5.74) is 9.25. The molecule has 2 heterocycles. The van der Waals surface area contributed by atoms with Crippen molar-refractivity contribution >= 4 is 22.5 Å². The van der Waals surface area contributed by atoms with Crippen LogP contribution in [0.1, 0.15) is 26.3 Å². The summed E-state index contributed by atoms with van der Waals surface area (Å²) in [5, 5.41) is 0.497. The quantitative estimate of drug-likeness (QED) is 0.591. The topological polar surface area (TPSA) is 66.6 Å². The zero-order chi connectivity index (χ0) is 20.6. The number of fused-ring (bicyclic) bond motifs is 1. The number of nitrogens with zero attached hydrogens (tertiary/aromatic N) is 1. The SMILES string of the molecule is CCOc1ccccc1-c1sc(N)nc1-c1ccc(OC)c2c1OC(C)(C)C=C2. The Morgan fingerprint density at radius 3 is 2.66 bits per heavy atom. The van der Waals surface area contributed by atoms with Crippen molar-refractivity contribution in [3.63, 3.8) is 0 Å². The zero-order valence-corrected chi connectivity index (χ0v) is 17.8. The predicted octanol–water partition coefficient (Wildman–Crippen LogP) is 5.65. The van der Waals surface area contributed by atoms with Crippen LogP contribution >= 0.6 is 11.3 Å². The molecule has 150 valence electrons. The number of methoxy groups -OCH3 is 1. The Morgan fingerprint density at radius 1 is 1.10 bits per heavy atom. The van der Waals surface area contributed by atoms with Gasteiger partial charge < -0.3 is 19.9 Å². The molecule has 0 spiro atoms. The first-order valence-corrected chi connectivity index (χ1v) is 10.3. The maximum atomic E-state index is 6.35. The Labute approximate surface area is 174 Å². The highest BCUT2D eigenvalue weighted by molar-refractivity contribution is 7.19. The van der Waals surface area contributed by atoms with Crippen molar-refractivity contribution in [3.05, 3.63) is 48.0 Å². The lowest BCUT2D eigenvalue weighted by Crippen LogP contribution is -2.28. The molecule has 0 saturated heterocycles. The predicted molar refractivity (Wildman–Crippen MR) is 119 cm³/mol. The molecule has 3 aromatic rings. The largest absolute Gasteiger partial charge is 0.496 e. The third-order valence-electron chi connectivity index (χ3n) is 4.72. The molecule has 6 heteroatoms. The van der Waals surface area contributed by atoms with Crippen molar-refractivity contribution in [2.45, 2.75) is 26.4 Å². The minimum absolute atomic E-state index is 0.431. The van der Waals surface area contributed by atoms with E-state index in [0.29, 0.717) is 11.7 Å². The number of nitrogens with two attached hydrogens (primary N) is 1. The first-order valence-electron chi connectivity index (χ1n) is 9.51. The molecule has 0 amide bonds. The minimum Gasteiger partial charge on any atom is -0.496 e. The van der Waals surface area contributed by atoms with Gasteiger partial charge in [0.25, 0.3) is 0 Å². The number of para-hydroxylation sites is 1. The number of aromatic nitrogens is 1. The molecule has 2 aromatic carbocycles. The fraction of sp³-hybridized carbons (Fsp3) is 0.261. The number of anilines is 1. The van der Waals surface area contributed by atoms with Crippen LogP contribution in [0.5, 0.6) is 17.2 Å². The van der Waals surface area contributed by atoms with Crippen molar-refractivity contribution < 1.29 is 14.2 Å². The maximum Gasteiger partial charge on any atom is 0.181 e. The number of thiazole rings is 1. The smallest absolute Gasteiger partial charge is 0.181 e. The van der Waals surface area contributed by atoms with Crippen LogP contribution in [0.4, 0.5) is 5.13 Å². The summed E-state index contributed by atoms with van der Waals surface area (Å²) in [6.07, 6.45) is 4.08. The Hall–Kier alpha value is -2.99. The van der Waals surface area contributed by atoms with Crippen molar-refractivity contribution in [1.82, 2.24) is 4.98 Å². The summed E-state index contributed by atoms with van der Waals surface area (Å²) in [5.74, 6) is 2.32. The molecule has 0 atom stereocenters. The summed E-state index contributed by atoms with van der Waals surface area (Å²) in [7, 11) is 1.66. The van der Waals surface area contributed by atoms with Gasteiger partial charge in [-0.15, -0.1) is 0 Å².